The van der Waals surface area contributed by atoms with E-state index in [-0.39, 0.29) is 0 Å². The van der Waals surface area contributed by atoms with E-state index in [4.69, 9.17) is 0 Å². The Bertz CT molecular complexity index is 550. The van der Waals surface area contributed by atoms with Crippen LogP contribution < -0.4 is 0 Å². The van der Waals surface area contributed by atoms with Crippen LogP contribution in [0.3, 0.4) is 0 Å². The molecule has 0 bridgehead atoms. The third kappa shape index (κ3) is 2.33. The van der Waals surface area contributed by atoms with Gasteiger partial charge in [0.05, 0.1) is 11.3 Å². The first-order valence-electron chi connectivity index (χ1n) is 5.72. The summed E-state index contributed by atoms with van der Waals surface area (Å²) in [7, 11) is 0. The number of nitrogens with zero attached hydrogens (tertiary/aromatic N) is 2. The minimum absolute atomic E-state index is 0.431. The molecule has 0 aliphatic carbocycles. The molecule has 1 aromatic heterocycles. The Balaban J connectivity index is 2.66. The van der Waals surface area contributed by atoms with Gasteiger partial charge in [-0.3, -0.25) is 0 Å². The molecule has 0 aliphatic heterocycles. The van der Waals surface area contributed by atoms with Crippen molar-refractivity contribution in [2.75, 3.05) is 0 Å². The maximum Gasteiger partial charge on any atom is 0.224 e. The topological polar surface area (TPSA) is 25.8 Å². The van der Waals surface area contributed by atoms with Gasteiger partial charge in [0.1, 0.15) is 5.82 Å². The smallest absolute Gasteiger partial charge is 0.224 e. The summed E-state index contributed by atoms with van der Waals surface area (Å²) >= 11 is 0. The second-order valence-electron chi connectivity index (χ2n) is 4.11. The number of rotatable bonds is 2. The lowest BCUT2D eigenvalue weighted by Gasteiger charge is -2.09. The molecule has 0 aliphatic rings. The second kappa shape index (κ2) is 4.62. The van der Waals surface area contributed by atoms with Gasteiger partial charge in [-0.05, 0) is 25.8 Å². The van der Waals surface area contributed by atoms with Gasteiger partial charge in [0, 0.05) is 0 Å². The van der Waals surface area contributed by atoms with Crippen molar-refractivity contribution in [3.8, 4) is 11.1 Å². The molecule has 1 aromatic carbocycles. The van der Waals surface area contributed by atoms with Crippen molar-refractivity contribution in [3.63, 3.8) is 0 Å². The molecule has 0 atom stereocenters. The SMILES string of the molecule is CCc1nc(C)nc(F)c1-c1cccc(C)c1. The predicted molar refractivity (Wildman–Crippen MR) is 66.3 cm³/mol. The number of benzene rings is 1. The second-order valence-corrected chi connectivity index (χ2v) is 4.11. The van der Waals surface area contributed by atoms with Crippen LogP contribution in [-0.4, -0.2) is 9.97 Å². The normalized spacial score (nSPS) is 10.6. The van der Waals surface area contributed by atoms with E-state index in [1.807, 2.05) is 38.1 Å². The van der Waals surface area contributed by atoms with Gasteiger partial charge in [-0.2, -0.15) is 4.39 Å². The largest absolute Gasteiger partial charge is 0.237 e. The Morgan fingerprint density at radius 2 is 1.94 bits per heavy atom. The molecule has 2 aromatic rings. The highest BCUT2D eigenvalue weighted by atomic mass is 19.1. The van der Waals surface area contributed by atoms with Crippen LogP contribution in [0.15, 0.2) is 24.3 Å². The zero-order valence-electron chi connectivity index (χ0n) is 10.3. The monoisotopic (exact) mass is 230 g/mol. The number of halogens is 1. The Kier molecular flexibility index (Phi) is 3.18. The van der Waals surface area contributed by atoms with E-state index in [0.717, 1.165) is 16.8 Å². The van der Waals surface area contributed by atoms with E-state index < -0.39 is 5.95 Å². The molecule has 0 amide bonds. The average molecular weight is 230 g/mol. The first-order chi connectivity index (χ1) is 8.11. The minimum atomic E-state index is -0.431. The molecule has 1 heterocycles. The van der Waals surface area contributed by atoms with Crippen LogP contribution in [-0.2, 0) is 6.42 Å². The number of aryl methyl sites for hydroxylation is 3. The Morgan fingerprint density at radius 1 is 1.18 bits per heavy atom. The summed E-state index contributed by atoms with van der Waals surface area (Å²) < 4.78 is 14.0. The standard InChI is InChI=1S/C14H15FN2/c1-4-12-13(14(15)17-10(3)16-12)11-7-5-6-9(2)8-11/h5-8H,4H2,1-3H3. The van der Waals surface area contributed by atoms with Crippen molar-refractivity contribution >= 4 is 0 Å². The molecule has 0 spiro atoms. The highest BCUT2D eigenvalue weighted by Gasteiger charge is 2.13. The van der Waals surface area contributed by atoms with Crippen LogP contribution in [0.1, 0.15) is 24.0 Å². The molecule has 0 fully saturated rings. The fraction of sp³-hybridized carbons (Fsp3) is 0.286. The summed E-state index contributed by atoms with van der Waals surface area (Å²) in [5.74, 6) is 0.0516. The Hall–Kier alpha value is -1.77. The molecule has 2 nitrogen and oxygen atoms in total. The third-order valence-corrected chi connectivity index (χ3v) is 2.69. The van der Waals surface area contributed by atoms with Gasteiger partial charge < -0.3 is 0 Å². The maximum absolute atomic E-state index is 14.0. The molecule has 0 saturated heterocycles. The van der Waals surface area contributed by atoms with E-state index in [1.54, 1.807) is 6.92 Å². The van der Waals surface area contributed by atoms with E-state index in [9.17, 15) is 4.39 Å². The van der Waals surface area contributed by atoms with Gasteiger partial charge in [0.25, 0.3) is 0 Å². The van der Waals surface area contributed by atoms with Crippen LogP contribution in [0.25, 0.3) is 11.1 Å². The van der Waals surface area contributed by atoms with E-state index in [2.05, 4.69) is 9.97 Å². The van der Waals surface area contributed by atoms with Crippen molar-refractivity contribution < 1.29 is 4.39 Å². The number of hydrogen-bond donors (Lipinski definition) is 0. The predicted octanol–water partition coefficient (Wildman–Crippen LogP) is 3.46. The molecule has 0 saturated carbocycles. The Morgan fingerprint density at radius 3 is 2.59 bits per heavy atom. The van der Waals surface area contributed by atoms with Gasteiger partial charge in [0.2, 0.25) is 5.95 Å². The molecule has 17 heavy (non-hydrogen) atoms. The third-order valence-electron chi connectivity index (χ3n) is 2.69. The van der Waals surface area contributed by atoms with E-state index in [0.29, 0.717) is 17.8 Å². The highest BCUT2D eigenvalue weighted by molar-refractivity contribution is 5.66. The van der Waals surface area contributed by atoms with Crippen molar-refractivity contribution in [2.24, 2.45) is 0 Å². The van der Waals surface area contributed by atoms with Gasteiger partial charge in [0.15, 0.2) is 0 Å². The summed E-state index contributed by atoms with van der Waals surface area (Å²) in [6.07, 6.45) is 0.698. The molecule has 0 N–H and O–H groups in total. The number of hydrogen-bond acceptors (Lipinski definition) is 2. The molecular formula is C14H15FN2. The summed E-state index contributed by atoms with van der Waals surface area (Å²) in [5, 5.41) is 0. The molecule has 2 rings (SSSR count). The summed E-state index contributed by atoms with van der Waals surface area (Å²) in [6, 6.07) is 7.75. The maximum atomic E-state index is 14.0. The van der Waals surface area contributed by atoms with Gasteiger partial charge >= 0.3 is 0 Å². The highest BCUT2D eigenvalue weighted by Crippen LogP contribution is 2.26. The molecule has 3 heteroatoms. The molecule has 88 valence electrons. The molecule has 0 radical (unpaired) electrons. The van der Waals surface area contributed by atoms with Gasteiger partial charge in [-0.25, -0.2) is 9.97 Å². The average Bonchev–Trinajstić information content (AvgIpc) is 2.27. The van der Waals surface area contributed by atoms with Gasteiger partial charge in [-0.1, -0.05) is 36.8 Å². The minimum Gasteiger partial charge on any atom is -0.237 e. The summed E-state index contributed by atoms with van der Waals surface area (Å²) in [4.78, 5) is 8.12. The van der Waals surface area contributed by atoms with Crippen molar-refractivity contribution in [1.82, 2.24) is 9.97 Å². The van der Waals surface area contributed by atoms with Crippen LogP contribution >= 0.6 is 0 Å². The molecular weight excluding hydrogens is 215 g/mol. The zero-order valence-corrected chi connectivity index (χ0v) is 10.3. The van der Waals surface area contributed by atoms with Crippen LogP contribution in [0, 0.1) is 19.8 Å². The van der Waals surface area contributed by atoms with E-state index in [1.165, 1.54) is 0 Å². The van der Waals surface area contributed by atoms with Crippen LogP contribution in [0.5, 0.6) is 0 Å². The Labute approximate surface area is 101 Å². The first kappa shape index (κ1) is 11.7. The quantitative estimate of drug-likeness (QED) is 0.738. The van der Waals surface area contributed by atoms with Gasteiger partial charge in [-0.15, -0.1) is 0 Å². The summed E-state index contributed by atoms with van der Waals surface area (Å²) in [6.45, 7) is 5.67. The fourth-order valence-electron chi connectivity index (χ4n) is 1.94. The zero-order chi connectivity index (χ0) is 12.4. The lowest BCUT2D eigenvalue weighted by Crippen LogP contribution is -2.02. The van der Waals surface area contributed by atoms with Crippen LogP contribution in [0.4, 0.5) is 4.39 Å². The lowest BCUT2D eigenvalue weighted by molar-refractivity contribution is 0.574. The molecule has 0 unspecified atom stereocenters. The van der Waals surface area contributed by atoms with E-state index >= 15 is 0 Å². The first-order valence-corrected chi connectivity index (χ1v) is 5.72. The number of aromatic nitrogens is 2. The lowest BCUT2D eigenvalue weighted by atomic mass is 10.0. The van der Waals surface area contributed by atoms with Crippen molar-refractivity contribution in [2.45, 2.75) is 27.2 Å². The van der Waals surface area contributed by atoms with Crippen molar-refractivity contribution in [3.05, 3.63) is 47.3 Å². The summed E-state index contributed by atoms with van der Waals surface area (Å²) in [5.41, 5.74) is 3.24. The van der Waals surface area contributed by atoms with Crippen molar-refractivity contribution in [1.29, 1.82) is 0 Å². The fourth-order valence-corrected chi connectivity index (χ4v) is 1.94. The van der Waals surface area contributed by atoms with Crippen LogP contribution in [0.2, 0.25) is 0 Å².